The fourth-order valence-electron chi connectivity index (χ4n) is 16.5. The van der Waals surface area contributed by atoms with Gasteiger partial charge in [-0.05, 0) is 88.2 Å². The third-order valence-corrected chi connectivity index (χ3v) is 22.9. The number of rotatable bonds is 27. The van der Waals surface area contributed by atoms with Crippen LogP contribution in [-0.4, -0.2) is 162 Å². The first-order valence-corrected chi connectivity index (χ1v) is 40.1. The fourth-order valence-corrected chi connectivity index (χ4v) is 16.5. The third kappa shape index (κ3) is 22.6. The first kappa shape index (κ1) is 96.7. The molecule has 35 heteroatoms. The average Bonchev–Trinajstić information content (AvgIpc) is 1.59. The summed E-state index contributed by atoms with van der Waals surface area (Å²) >= 11 is 0. The predicted octanol–water partition coefficient (Wildman–Crippen LogP) is 10.5. The zero-order chi connectivity index (χ0) is 84.8. The Morgan fingerprint density at radius 3 is 1.15 bits per heavy atom. The minimum atomic E-state index is -1.54. The SMILES string of the molecule is C.C=C1[C@H](CO)[C@@H](O)C[C@@H]1n1cnc2c(=O)[nH]c(N)nc21.C=C1[C@H](COCc2ccccc2)[C@@H](OCc2ccccc2)C[C@@H]1n1cnc2[c-]nc(N)nc21.C=C1[C@H](COCc2ccccc2)[C@@H](OCc2ccccc2)C[C@@H]1n1cnc2c(=O)[nH]c(N)nc21.I.Nc1n[c-]c2ncn([C@H]3C[C@H](OCc4ccccc4)[C@@H](COCc4ccccc4)[C@@]3(O)CO)c2n1.[Y].[Y]. The maximum Gasteiger partial charge on any atom is 0.280 e. The molecule has 6 aromatic carbocycles. The molecule has 4 saturated carbocycles. The summed E-state index contributed by atoms with van der Waals surface area (Å²) in [5.74, 6) is -0.550. The molecule has 8 aromatic heterocycles. The molecule has 126 heavy (non-hydrogen) atoms. The van der Waals surface area contributed by atoms with Crippen molar-refractivity contribution in [3.05, 3.63) is 310 Å². The van der Waals surface area contributed by atoms with Crippen LogP contribution in [0.4, 0.5) is 23.8 Å². The molecular formula is C91H101IN20O12Y2-2. The van der Waals surface area contributed by atoms with Gasteiger partial charge in [0.25, 0.3) is 11.1 Å². The van der Waals surface area contributed by atoms with E-state index in [9.17, 15) is 30.0 Å². The van der Waals surface area contributed by atoms with Gasteiger partial charge in [0.15, 0.2) is 22.3 Å². The number of nitrogens with two attached hydrogens (primary N) is 4. The second-order valence-corrected chi connectivity index (χ2v) is 30.6. The molecule has 4 fully saturated rings. The number of H-pyrrole nitrogens is 2. The van der Waals surface area contributed by atoms with Crippen LogP contribution in [0.3, 0.4) is 0 Å². The van der Waals surface area contributed by atoms with Crippen molar-refractivity contribution in [1.82, 2.24) is 78.1 Å². The summed E-state index contributed by atoms with van der Waals surface area (Å²) in [6.07, 6.45) is 13.1. The molecule has 0 bridgehead atoms. The number of hydrogen-bond acceptors (Lipinski definition) is 26. The molecule has 652 valence electrons. The predicted molar refractivity (Wildman–Crippen MR) is 479 cm³/mol. The summed E-state index contributed by atoms with van der Waals surface area (Å²) in [6.45, 7) is 16.2. The van der Waals surface area contributed by atoms with Gasteiger partial charge in [-0.15, -0.1) is 24.0 Å². The van der Waals surface area contributed by atoms with E-state index in [0.29, 0.717) is 111 Å². The Morgan fingerprint density at radius 1 is 0.437 bits per heavy atom. The Bertz CT molecular complexity index is 6010. The van der Waals surface area contributed by atoms with Crippen molar-refractivity contribution < 1.29 is 114 Å². The normalized spacial score (nSPS) is 21.8. The molecular weight excluding hydrogens is 1870 g/mol. The Labute approximate surface area is 794 Å². The number of aromatic amines is 2. The Kier molecular flexibility index (Phi) is 34.7. The molecule has 18 rings (SSSR count). The van der Waals surface area contributed by atoms with Crippen molar-refractivity contribution in [1.29, 1.82) is 0 Å². The number of anilines is 4. The molecule has 4 aliphatic carbocycles. The van der Waals surface area contributed by atoms with Crippen molar-refractivity contribution in [2.24, 2.45) is 23.7 Å². The van der Waals surface area contributed by atoms with Crippen LogP contribution in [0.5, 0.6) is 0 Å². The summed E-state index contributed by atoms with van der Waals surface area (Å²) in [7, 11) is 0. The minimum absolute atomic E-state index is 0. The Morgan fingerprint density at radius 2 is 0.770 bits per heavy atom. The van der Waals surface area contributed by atoms with Gasteiger partial charge in [-0.3, -0.25) is 29.5 Å². The van der Waals surface area contributed by atoms with Crippen LogP contribution in [-0.2, 0) is 133 Å². The van der Waals surface area contributed by atoms with Crippen LogP contribution in [0.25, 0.3) is 44.7 Å². The van der Waals surface area contributed by atoms with Gasteiger partial charge in [-0.1, -0.05) is 209 Å². The quantitative estimate of drug-likeness (QED) is 0.0130. The summed E-state index contributed by atoms with van der Waals surface area (Å²) in [5, 5.41) is 41.5. The largest absolute Gasteiger partial charge is 0.420 e. The van der Waals surface area contributed by atoms with Crippen LogP contribution >= 0.6 is 24.0 Å². The molecule has 32 nitrogen and oxygen atoms in total. The van der Waals surface area contributed by atoms with Crippen LogP contribution in [0.15, 0.2) is 253 Å². The van der Waals surface area contributed by atoms with E-state index in [2.05, 4.69) is 116 Å². The van der Waals surface area contributed by atoms with Gasteiger partial charge in [0.1, 0.15) is 17.5 Å². The summed E-state index contributed by atoms with van der Waals surface area (Å²) in [5.41, 5.74) is 33.3. The maximum atomic E-state index is 12.3. The number of hydrogen-bond donors (Lipinski definition) is 10. The Hall–Kier alpha value is -9.92. The Balaban J connectivity index is 0.000000164. The van der Waals surface area contributed by atoms with Gasteiger partial charge in [-0.25, -0.2) is 9.97 Å². The monoisotopic (exact) mass is 1970 g/mol. The number of aromatic nitrogens is 16. The van der Waals surface area contributed by atoms with E-state index in [-0.39, 0.29) is 205 Å². The van der Waals surface area contributed by atoms with E-state index in [0.717, 1.165) is 50.9 Å². The second-order valence-electron chi connectivity index (χ2n) is 30.6. The molecule has 14 N–H and O–H groups in total. The molecule has 2 radical (unpaired) electrons. The van der Waals surface area contributed by atoms with E-state index >= 15 is 0 Å². The van der Waals surface area contributed by atoms with Crippen molar-refractivity contribution in [3.63, 3.8) is 0 Å². The average molecular weight is 1970 g/mol. The number of nitrogens with zero attached hydrogens (tertiary/aromatic N) is 14. The molecule has 14 aromatic rings. The molecule has 8 heterocycles. The molecule has 0 amide bonds. The van der Waals surface area contributed by atoms with E-state index in [1.165, 1.54) is 6.33 Å². The van der Waals surface area contributed by atoms with E-state index in [4.69, 9.17) is 51.4 Å². The number of fused-ring (bicyclic) bond motifs is 4. The number of ether oxygens (including phenoxy) is 6. The van der Waals surface area contributed by atoms with E-state index < -0.39 is 35.8 Å². The zero-order valence-electron chi connectivity index (χ0n) is 68.5. The van der Waals surface area contributed by atoms with Crippen molar-refractivity contribution in [3.8, 4) is 0 Å². The van der Waals surface area contributed by atoms with Crippen molar-refractivity contribution >= 4 is 92.4 Å². The number of nitrogen functional groups attached to an aromatic ring is 4. The number of nitrogens with one attached hydrogen (secondary N) is 2. The first-order valence-electron chi connectivity index (χ1n) is 40.1. The van der Waals surface area contributed by atoms with Crippen LogP contribution < -0.4 is 34.1 Å². The van der Waals surface area contributed by atoms with Gasteiger partial charge in [-0.2, -0.15) is 9.97 Å². The van der Waals surface area contributed by atoms with Crippen molar-refractivity contribution in [2.45, 2.75) is 127 Å². The maximum absolute atomic E-state index is 12.3. The number of aliphatic hydroxyl groups excluding tert-OH is 3. The minimum Gasteiger partial charge on any atom is -0.420 e. The molecule has 13 atom stereocenters. The second kappa shape index (κ2) is 45.2. The first-order chi connectivity index (χ1) is 59.4. The summed E-state index contributed by atoms with van der Waals surface area (Å²) in [4.78, 5) is 70.8. The van der Waals surface area contributed by atoms with Gasteiger partial charge in [0.2, 0.25) is 11.9 Å². The van der Waals surface area contributed by atoms with Gasteiger partial charge in [0.05, 0.1) is 146 Å². The topological polar surface area (TPSA) is 455 Å². The standard InChI is InChI=1S/C26H28N5O4.C26H27N5O3.C26H26N5O2.C12H15N5O3.CH4.HI.2Y/c27-25-28-12-21-24(30-25)31(17-29-21)23-11-22(35-14-19-9-5-2-6-10-19)20(26(23,33)16-32)15-34-13-18-7-3-1-4-8-18;1-17-20(15-33-13-18-8-4-2-5-9-18)22(34-14-19-10-6-3-7-11-19)12-21(17)31-16-28-23-24(31)29-26(27)30-25(23)32;1-18-21(16-32-14-19-8-4-2-5-9-19)24(33-15-20-10-6-3-7-11-20)12-23(18)31-17-29-22-13-28-26(27)30-25(22)31;1-5-6(3-18)8(19)2-7(5)17-4-14-9-10(17)15-12(13)16-11(9)20;;;;/h1-10,17,20,22-23,32-33H,11,13-16H2,(H2,27,28,30);2-11,16,20-22H,1,12-15H2,(H3,27,29,30,32);2-11,17,21,23-24H,1,12,14-16H2,(H2,27,28,30);4,6-8,18-19H,1-3H2,(H3,13,15,16,20);1H4;1H;;/q-1;;-1;;;;;/t20-,22+,23+,26+;20-,21-,22-;21-,23-,24-;6-,7-,8-;;;;/m1000..../s1. The van der Waals surface area contributed by atoms with E-state index in [1.807, 2.05) is 167 Å². The van der Waals surface area contributed by atoms with Gasteiger partial charge < -0.3 is 110 Å². The van der Waals surface area contributed by atoms with Crippen LogP contribution in [0.2, 0.25) is 0 Å². The smallest absolute Gasteiger partial charge is 0.280 e. The van der Waals surface area contributed by atoms with Gasteiger partial charge >= 0.3 is 0 Å². The van der Waals surface area contributed by atoms with Gasteiger partial charge in [0, 0.05) is 112 Å². The summed E-state index contributed by atoms with van der Waals surface area (Å²) in [6, 6.07) is 59.2. The summed E-state index contributed by atoms with van der Waals surface area (Å²) < 4.78 is 44.6. The third-order valence-electron chi connectivity index (χ3n) is 22.9. The number of halogens is 1. The number of benzene rings is 6. The van der Waals surface area contributed by atoms with E-state index in [1.54, 1.807) is 28.1 Å². The number of aliphatic hydroxyl groups is 4. The van der Waals surface area contributed by atoms with Crippen molar-refractivity contribution in [2.75, 3.05) is 56.0 Å². The molecule has 0 aliphatic heterocycles. The molecule has 4 aliphatic rings. The van der Waals surface area contributed by atoms with Crippen LogP contribution in [0, 0.1) is 36.1 Å². The number of imidazole rings is 4. The zero-order valence-corrected chi connectivity index (χ0v) is 76.5. The van der Waals surface area contributed by atoms with Crippen LogP contribution in [0.1, 0.15) is 90.7 Å². The molecule has 0 unspecified atom stereocenters. The fraction of sp³-hybridized carbons (Fsp3) is 0.319. The molecule has 0 spiro atoms. The molecule has 0 saturated heterocycles.